The van der Waals surface area contributed by atoms with Gasteiger partial charge in [0.05, 0.1) is 5.56 Å². The predicted molar refractivity (Wildman–Crippen MR) is 101 cm³/mol. The van der Waals surface area contributed by atoms with Crippen molar-refractivity contribution in [3.8, 4) is 5.75 Å². The third-order valence-electron chi connectivity index (χ3n) is 3.81. The van der Waals surface area contributed by atoms with Crippen molar-refractivity contribution < 1.29 is 14.3 Å². The lowest BCUT2D eigenvalue weighted by molar-refractivity contribution is -0.123. The summed E-state index contributed by atoms with van der Waals surface area (Å²) in [5.74, 6) is -0.266. The minimum absolute atomic E-state index is 0.209. The molecule has 0 aliphatic heterocycles. The molecule has 2 amide bonds. The molecule has 6 heteroatoms. The van der Waals surface area contributed by atoms with Gasteiger partial charge in [0.1, 0.15) is 5.75 Å². The van der Waals surface area contributed by atoms with Crippen molar-refractivity contribution in [1.29, 1.82) is 0 Å². The highest BCUT2D eigenvalue weighted by molar-refractivity contribution is 5.95. The third kappa shape index (κ3) is 5.40. The van der Waals surface area contributed by atoms with Gasteiger partial charge in [-0.3, -0.25) is 25.4 Å². The number of benzene rings is 2. The fourth-order valence-corrected chi connectivity index (χ4v) is 2.48. The van der Waals surface area contributed by atoms with E-state index in [-0.39, 0.29) is 6.61 Å². The fourth-order valence-electron chi connectivity index (χ4n) is 2.48. The number of para-hydroxylation sites is 1. The van der Waals surface area contributed by atoms with Gasteiger partial charge in [-0.2, -0.15) is 0 Å². The summed E-state index contributed by atoms with van der Waals surface area (Å²) in [5, 5.41) is 0. The summed E-state index contributed by atoms with van der Waals surface area (Å²) in [4.78, 5) is 27.7. The molecule has 1 aromatic heterocycles. The van der Waals surface area contributed by atoms with E-state index in [9.17, 15) is 9.59 Å². The number of hydrazine groups is 1. The number of hydrogen-bond acceptors (Lipinski definition) is 4. The number of aromatic nitrogens is 1. The molecule has 0 fully saturated rings. The van der Waals surface area contributed by atoms with Crippen molar-refractivity contribution in [3.05, 3.63) is 95.8 Å². The van der Waals surface area contributed by atoms with E-state index in [0.717, 1.165) is 11.1 Å². The molecule has 0 bridgehead atoms. The Morgan fingerprint density at radius 2 is 1.67 bits per heavy atom. The van der Waals surface area contributed by atoms with Crippen LogP contribution >= 0.6 is 0 Å². The van der Waals surface area contributed by atoms with Gasteiger partial charge in [0.25, 0.3) is 11.8 Å². The van der Waals surface area contributed by atoms with Crippen LogP contribution in [0.3, 0.4) is 0 Å². The highest BCUT2D eigenvalue weighted by atomic mass is 16.5. The van der Waals surface area contributed by atoms with Crippen LogP contribution in [0.5, 0.6) is 5.75 Å². The predicted octanol–water partition coefficient (Wildman–Crippen LogP) is 2.51. The second-order valence-corrected chi connectivity index (χ2v) is 5.80. The summed E-state index contributed by atoms with van der Waals surface area (Å²) in [7, 11) is 0. The van der Waals surface area contributed by atoms with E-state index >= 15 is 0 Å². The van der Waals surface area contributed by atoms with Crippen molar-refractivity contribution in [2.45, 2.75) is 6.42 Å². The van der Waals surface area contributed by atoms with Crippen molar-refractivity contribution in [1.82, 2.24) is 15.8 Å². The van der Waals surface area contributed by atoms with E-state index in [4.69, 9.17) is 4.74 Å². The van der Waals surface area contributed by atoms with Gasteiger partial charge in [-0.25, -0.2) is 0 Å². The van der Waals surface area contributed by atoms with Gasteiger partial charge in [0, 0.05) is 18.8 Å². The van der Waals surface area contributed by atoms with Crippen LogP contribution < -0.4 is 15.6 Å². The van der Waals surface area contributed by atoms with E-state index in [1.807, 2.05) is 54.6 Å². The Morgan fingerprint density at radius 3 is 2.44 bits per heavy atom. The first-order chi connectivity index (χ1) is 13.2. The topological polar surface area (TPSA) is 80.3 Å². The lowest BCUT2D eigenvalue weighted by Gasteiger charge is -2.12. The summed E-state index contributed by atoms with van der Waals surface area (Å²) >= 11 is 0. The Balaban J connectivity index is 1.52. The minimum Gasteiger partial charge on any atom is -0.483 e. The first-order valence-electron chi connectivity index (χ1n) is 8.46. The smallest absolute Gasteiger partial charge is 0.276 e. The van der Waals surface area contributed by atoms with Crippen LogP contribution in [0.1, 0.15) is 21.5 Å². The average Bonchev–Trinajstić information content (AvgIpc) is 2.73. The summed E-state index contributed by atoms with van der Waals surface area (Å²) in [5.41, 5.74) is 7.15. The molecule has 0 atom stereocenters. The first-order valence-corrected chi connectivity index (χ1v) is 8.46. The normalized spacial score (nSPS) is 10.1. The van der Waals surface area contributed by atoms with E-state index in [0.29, 0.717) is 17.7 Å². The quantitative estimate of drug-likeness (QED) is 0.661. The number of nitrogens with zero attached hydrogens (tertiary/aromatic N) is 1. The Labute approximate surface area is 157 Å². The number of hydrogen-bond donors (Lipinski definition) is 2. The molecular formula is C21H19N3O3. The maximum absolute atomic E-state index is 12.0. The van der Waals surface area contributed by atoms with Crippen molar-refractivity contribution in [3.63, 3.8) is 0 Å². The van der Waals surface area contributed by atoms with Gasteiger partial charge in [0.15, 0.2) is 6.61 Å². The molecular weight excluding hydrogens is 342 g/mol. The number of nitrogens with one attached hydrogen (secondary N) is 2. The molecule has 0 aliphatic carbocycles. The van der Waals surface area contributed by atoms with Gasteiger partial charge in [-0.05, 0) is 29.3 Å². The SMILES string of the molecule is O=C(COc1ccccc1Cc1ccccc1)NNC(=O)c1cccnc1. The molecule has 3 aromatic rings. The van der Waals surface area contributed by atoms with Crippen molar-refractivity contribution in [2.24, 2.45) is 0 Å². The second kappa shape index (κ2) is 9.15. The standard InChI is InChI=1S/C21H19N3O3/c25-20(23-24-21(26)18-10-6-12-22-14-18)15-27-19-11-5-4-9-17(19)13-16-7-2-1-3-8-16/h1-12,14H,13,15H2,(H,23,25)(H,24,26). The van der Waals surface area contributed by atoms with E-state index in [1.165, 1.54) is 6.20 Å². The lowest BCUT2D eigenvalue weighted by Crippen LogP contribution is -2.43. The zero-order valence-electron chi connectivity index (χ0n) is 14.6. The number of rotatable bonds is 6. The summed E-state index contributed by atoms with van der Waals surface area (Å²) in [6.45, 7) is -0.209. The zero-order valence-corrected chi connectivity index (χ0v) is 14.6. The van der Waals surface area contributed by atoms with Crippen molar-refractivity contribution >= 4 is 11.8 Å². The minimum atomic E-state index is -0.457. The molecule has 2 aromatic carbocycles. The number of amides is 2. The van der Waals surface area contributed by atoms with Crippen LogP contribution in [0, 0.1) is 0 Å². The summed E-state index contributed by atoms with van der Waals surface area (Å²) < 4.78 is 5.63. The van der Waals surface area contributed by atoms with E-state index < -0.39 is 11.8 Å². The molecule has 27 heavy (non-hydrogen) atoms. The van der Waals surface area contributed by atoms with Gasteiger partial charge in [-0.15, -0.1) is 0 Å². The Morgan fingerprint density at radius 1 is 0.889 bits per heavy atom. The first kappa shape index (κ1) is 18.1. The van der Waals surface area contributed by atoms with E-state index in [1.54, 1.807) is 18.3 Å². The molecule has 0 saturated carbocycles. The maximum atomic E-state index is 12.0. The summed E-state index contributed by atoms with van der Waals surface area (Å²) in [6, 6.07) is 20.8. The van der Waals surface area contributed by atoms with Gasteiger partial charge >= 0.3 is 0 Å². The van der Waals surface area contributed by atoms with Gasteiger partial charge in [-0.1, -0.05) is 48.5 Å². The number of ether oxygens (including phenoxy) is 1. The molecule has 0 radical (unpaired) electrons. The van der Waals surface area contributed by atoms with Crippen LogP contribution in [-0.4, -0.2) is 23.4 Å². The second-order valence-electron chi connectivity index (χ2n) is 5.80. The molecule has 1 heterocycles. The third-order valence-corrected chi connectivity index (χ3v) is 3.81. The zero-order chi connectivity index (χ0) is 18.9. The maximum Gasteiger partial charge on any atom is 0.276 e. The van der Waals surface area contributed by atoms with E-state index in [2.05, 4.69) is 15.8 Å². The van der Waals surface area contributed by atoms with Crippen LogP contribution in [0.25, 0.3) is 0 Å². The number of pyridine rings is 1. The Hall–Kier alpha value is -3.67. The molecule has 0 spiro atoms. The number of carbonyl (C=O) groups is 2. The van der Waals surface area contributed by atoms with Crippen LogP contribution in [0.4, 0.5) is 0 Å². The molecule has 6 nitrogen and oxygen atoms in total. The van der Waals surface area contributed by atoms with Crippen molar-refractivity contribution in [2.75, 3.05) is 6.61 Å². The van der Waals surface area contributed by atoms with Gasteiger partial charge in [0.2, 0.25) is 0 Å². The molecule has 0 saturated heterocycles. The Kier molecular flexibility index (Phi) is 6.14. The molecule has 0 unspecified atom stereocenters. The number of carbonyl (C=O) groups excluding carboxylic acids is 2. The van der Waals surface area contributed by atoms with Crippen LogP contribution in [0.2, 0.25) is 0 Å². The largest absolute Gasteiger partial charge is 0.483 e. The monoisotopic (exact) mass is 361 g/mol. The molecule has 136 valence electrons. The summed E-state index contributed by atoms with van der Waals surface area (Å²) in [6.07, 6.45) is 3.68. The molecule has 2 N–H and O–H groups in total. The van der Waals surface area contributed by atoms with Crippen LogP contribution in [-0.2, 0) is 11.2 Å². The highest BCUT2D eigenvalue weighted by Crippen LogP contribution is 2.21. The lowest BCUT2D eigenvalue weighted by atomic mass is 10.0. The molecule has 0 aliphatic rings. The fraction of sp³-hybridized carbons (Fsp3) is 0.0952. The highest BCUT2D eigenvalue weighted by Gasteiger charge is 2.09. The molecule has 3 rings (SSSR count). The van der Waals surface area contributed by atoms with Crippen LogP contribution in [0.15, 0.2) is 79.1 Å². The van der Waals surface area contributed by atoms with Gasteiger partial charge < -0.3 is 4.74 Å². The average molecular weight is 361 g/mol. The Bertz CT molecular complexity index is 899.